The number of aliphatic hydroxyl groups excluding tert-OH is 3. The van der Waals surface area contributed by atoms with Crippen LogP contribution in [0.2, 0.25) is 0 Å². The summed E-state index contributed by atoms with van der Waals surface area (Å²) in [5.74, 6) is 1.04. The molecule has 116 valence electrons. The smallest absolute Gasteiger partial charge is 0.163 e. The van der Waals surface area contributed by atoms with Crippen molar-refractivity contribution in [1.82, 2.24) is 14.6 Å². The highest BCUT2D eigenvalue weighted by molar-refractivity contribution is 5.59. The van der Waals surface area contributed by atoms with Gasteiger partial charge in [0.1, 0.15) is 11.6 Å². The van der Waals surface area contributed by atoms with Crippen LogP contribution in [0.5, 0.6) is 0 Å². The van der Waals surface area contributed by atoms with Crippen LogP contribution in [0.25, 0.3) is 5.65 Å². The Kier molecular flexibility index (Phi) is 4.61. The molecule has 2 aromatic rings. The number of nitrogen functional groups attached to an aromatic ring is 1. The van der Waals surface area contributed by atoms with Gasteiger partial charge in [-0.25, -0.2) is 4.98 Å². The number of fused-ring (bicyclic) bond motifs is 1. The fourth-order valence-electron chi connectivity index (χ4n) is 2.07. The number of anilines is 2. The third kappa shape index (κ3) is 3.07. The maximum Gasteiger partial charge on any atom is 0.163 e. The van der Waals surface area contributed by atoms with Gasteiger partial charge in [0.05, 0.1) is 31.6 Å². The molecule has 21 heavy (non-hydrogen) atoms. The SMILES string of the molecule is CC(C)c1cnn2c(N)cc(N[C@@H](CO)[C@H](O)CO)nc12. The molecule has 2 atom stereocenters. The second-order valence-corrected chi connectivity index (χ2v) is 5.24. The summed E-state index contributed by atoms with van der Waals surface area (Å²) in [6.45, 7) is 3.26. The van der Waals surface area contributed by atoms with Crippen LogP contribution in [0.3, 0.4) is 0 Å². The van der Waals surface area contributed by atoms with Crippen molar-refractivity contribution >= 4 is 17.3 Å². The summed E-state index contributed by atoms with van der Waals surface area (Å²) >= 11 is 0. The number of nitrogens with zero attached hydrogens (tertiary/aromatic N) is 3. The first kappa shape index (κ1) is 15.5. The van der Waals surface area contributed by atoms with Gasteiger partial charge in [0.15, 0.2) is 5.65 Å². The minimum Gasteiger partial charge on any atom is -0.394 e. The molecule has 0 aromatic carbocycles. The Hall–Kier alpha value is -1.90. The Morgan fingerprint density at radius 2 is 2.05 bits per heavy atom. The van der Waals surface area contributed by atoms with Gasteiger partial charge in [-0.1, -0.05) is 13.8 Å². The van der Waals surface area contributed by atoms with Crippen LogP contribution in [0.4, 0.5) is 11.6 Å². The molecule has 0 amide bonds. The largest absolute Gasteiger partial charge is 0.394 e. The summed E-state index contributed by atoms with van der Waals surface area (Å²) in [5.41, 5.74) is 7.52. The van der Waals surface area contributed by atoms with Crippen LogP contribution in [0.15, 0.2) is 12.3 Å². The highest BCUT2D eigenvalue weighted by atomic mass is 16.3. The molecule has 0 saturated heterocycles. The molecule has 2 aromatic heterocycles. The van der Waals surface area contributed by atoms with Crippen molar-refractivity contribution in [3.8, 4) is 0 Å². The second kappa shape index (κ2) is 6.25. The molecule has 0 unspecified atom stereocenters. The van der Waals surface area contributed by atoms with Crippen LogP contribution in [-0.2, 0) is 0 Å². The minimum absolute atomic E-state index is 0.237. The fraction of sp³-hybridized carbons (Fsp3) is 0.538. The summed E-state index contributed by atoms with van der Waals surface area (Å²) in [7, 11) is 0. The van der Waals surface area contributed by atoms with Gasteiger partial charge in [0.25, 0.3) is 0 Å². The molecule has 2 heterocycles. The quantitative estimate of drug-likeness (QED) is 0.488. The maximum absolute atomic E-state index is 9.62. The average molecular weight is 295 g/mol. The average Bonchev–Trinajstić information content (AvgIpc) is 2.88. The van der Waals surface area contributed by atoms with Gasteiger partial charge in [0, 0.05) is 11.6 Å². The van der Waals surface area contributed by atoms with Crippen LogP contribution >= 0.6 is 0 Å². The monoisotopic (exact) mass is 295 g/mol. The number of hydrogen-bond donors (Lipinski definition) is 5. The molecule has 0 spiro atoms. The van der Waals surface area contributed by atoms with Gasteiger partial charge in [-0.15, -0.1) is 0 Å². The van der Waals surface area contributed by atoms with Gasteiger partial charge < -0.3 is 26.4 Å². The maximum atomic E-state index is 9.62. The molecule has 6 N–H and O–H groups in total. The van der Waals surface area contributed by atoms with Crippen molar-refractivity contribution in [1.29, 1.82) is 0 Å². The lowest BCUT2D eigenvalue weighted by Crippen LogP contribution is -2.39. The van der Waals surface area contributed by atoms with E-state index in [9.17, 15) is 10.2 Å². The Morgan fingerprint density at radius 3 is 2.62 bits per heavy atom. The lowest BCUT2D eigenvalue weighted by molar-refractivity contribution is 0.0612. The molecule has 0 saturated carbocycles. The van der Waals surface area contributed by atoms with Gasteiger partial charge in [-0.3, -0.25) is 0 Å². The molecular formula is C13H21N5O3. The van der Waals surface area contributed by atoms with Crippen molar-refractivity contribution in [2.24, 2.45) is 0 Å². The van der Waals surface area contributed by atoms with Crippen molar-refractivity contribution in [3.63, 3.8) is 0 Å². The zero-order valence-electron chi connectivity index (χ0n) is 12.1. The van der Waals surface area contributed by atoms with E-state index in [1.54, 1.807) is 12.3 Å². The number of hydrogen-bond acceptors (Lipinski definition) is 7. The zero-order chi connectivity index (χ0) is 15.6. The molecule has 0 aliphatic rings. The number of nitrogens with two attached hydrogens (primary N) is 1. The first-order chi connectivity index (χ1) is 9.97. The summed E-state index contributed by atoms with van der Waals surface area (Å²) in [6, 6.07) is 0.839. The Labute approximate surface area is 122 Å². The Balaban J connectivity index is 2.38. The molecule has 0 aliphatic carbocycles. The molecule has 2 rings (SSSR count). The van der Waals surface area contributed by atoms with Crippen molar-refractivity contribution in [2.45, 2.75) is 31.9 Å². The standard InChI is InChI=1S/C13H21N5O3/c1-7(2)8-4-15-18-11(14)3-12(17-13(8)18)16-9(5-19)10(21)6-20/h3-4,7,9-10,19-21H,5-6,14H2,1-2H3,(H,16,17)/t9-,10+/m0/s1. The summed E-state index contributed by atoms with van der Waals surface area (Å²) in [4.78, 5) is 4.43. The van der Waals surface area contributed by atoms with E-state index in [0.29, 0.717) is 17.3 Å². The van der Waals surface area contributed by atoms with E-state index in [-0.39, 0.29) is 12.5 Å². The van der Waals surface area contributed by atoms with Gasteiger partial charge >= 0.3 is 0 Å². The van der Waals surface area contributed by atoms with Crippen LogP contribution < -0.4 is 11.1 Å². The Bertz CT molecular complexity index is 613. The normalized spacial score (nSPS) is 14.6. The summed E-state index contributed by atoms with van der Waals surface area (Å²) < 4.78 is 1.54. The van der Waals surface area contributed by atoms with E-state index in [0.717, 1.165) is 5.56 Å². The predicted octanol–water partition coefficient (Wildman–Crippen LogP) is -0.439. The lowest BCUT2D eigenvalue weighted by atomic mass is 10.1. The van der Waals surface area contributed by atoms with Gasteiger partial charge in [0.2, 0.25) is 0 Å². The number of rotatable bonds is 6. The van der Waals surface area contributed by atoms with Crippen LogP contribution in [0, 0.1) is 0 Å². The topological polar surface area (TPSA) is 129 Å². The molecule has 8 heteroatoms. The summed E-state index contributed by atoms with van der Waals surface area (Å²) in [6.07, 6.45) is 0.628. The molecule has 0 aliphatic heterocycles. The second-order valence-electron chi connectivity index (χ2n) is 5.24. The predicted molar refractivity (Wildman–Crippen MR) is 79.1 cm³/mol. The number of nitrogens with one attached hydrogen (secondary N) is 1. The van der Waals surface area contributed by atoms with E-state index < -0.39 is 18.8 Å². The molecule has 8 nitrogen and oxygen atoms in total. The molecule has 0 bridgehead atoms. The van der Waals surface area contributed by atoms with Crippen molar-refractivity contribution in [2.75, 3.05) is 24.3 Å². The summed E-state index contributed by atoms with van der Waals surface area (Å²) in [5, 5.41) is 34.9. The number of aliphatic hydroxyl groups is 3. The third-order valence-corrected chi connectivity index (χ3v) is 3.33. The third-order valence-electron chi connectivity index (χ3n) is 3.33. The molecule has 0 radical (unpaired) electrons. The fourth-order valence-corrected chi connectivity index (χ4v) is 2.07. The highest BCUT2D eigenvalue weighted by Gasteiger charge is 2.19. The zero-order valence-corrected chi connectivity index (χ0v) is 12.1. The van der Waals surface area contributed by atoms with Crippen molar-refractivity contribution < 1.29 is 15.3 Å². The lowest BCUT2D eigenvalue weighted by Gasteiger charge is -2.21. The van der Waals surface area contributed by atoms with Gasteiger partial charge in [-0.2, -0.15) is 9.61 Å². The highest BCUT2D eigenvalue weighted by Crippen LogP contribution is 2.23. The van der Waals surface area contributed by atoms with E-state index in [2.05, 4.69) is 15.4 Å². The first-order valence-electron chi connectivity index (χ1n) is 6.78. The van der Waals surface area contributed by atoms with E-state index in [1.165, 1.54) is 4.52 Å². The number of aromatic nitrogens is 3. The van der Waals surface area contributed by atoms with Crippen molar-refractivity contribution in [3.05, 3.63) is 17.8 Å². The van der Waals surface area contributed by atoms with Crippen LogP contribution in [0.1, 0.15) is 25.3 Å². The van der Waals surface area contributed by atoms with Gasteiger partial charge in [-0.05, 0) is 5.92 Å². The van der Waals surface area contributed by atoms with E-state index in [4.69, 9.17) is 10.8 Å². The van der Waals surface area contributed by atoms with E-state index in [1.807, 2.05) is 13.8 Å². The van der Waals surface area contributed by atoms with Crippen LogP contribution in [-0.4, -0.2) is 55.3 Å². The first-order valence-corrected chi connectivity index (χ1v) is 6.78. The minimum atomic E-state index is -1.09. The Morgan fingerprint density at radius 1 is 1.33 bits per heavy atom. The molecular weight excluding hydrogens is 274 g/mol. The molecule has 0 fully saturated rings. The van der Waals surface area contributed by atoms with E-state index >= 15 is 0 Å².